The van der Waals surface area contributed by atoms with Gasteiger partial charge in [-0.15, -0.1) is 0 Å². The van der Waals surface area contributed by atoms with E-state index in [1.165, 1.54) is 0 Å². The summed E-state index contributed by atoms with van der Waals surface area (Å²) in [6, 6.07) is 7.60. The minimum atomic E-state index is -0.264. The smallest absolute Gasteiger partial charge is 0.231 e. The topological polar surface area (TPSA) is 64.8 Å². The third-order valence-corrected chi connectivity index (χ3v) is 3.51. The Balaban J connectivity index is 1.82. The van der Waals surface area contributed by atoms with Crippen LogP contribution >= 0.6 is 0 Å². The predicted molar refractivity (Wildman–Crippen MR) is 76.8 cm³/mol. The number of nitrogens with zero attached hydrogens (tertiary/aromatic N) is 1. The van der Waals surface area contributed by atoms with Gasteiger partial charge in [-0.25, -0.2) is 0 Å². The number of piperidine rings is 1. The summed E-state index contributed by atoms with van der Waals surface area (Å²) in [5.41, 5.74) is 5.24. The number of nitrogens with two attached hydrogens (primary N) is 1. The lowest BCUT2D eigenvalue weighted by atomic mass is 9.99. The third-order valence-electron chi connectivity index (χ3n) is 3.51. The molecule has 1 amide bonds. The first kappa shape index (κ1) is 14.7. The molecule has 1 saturated heterocycles. The van der Waals surface area contributed by atoms with E-state index >= 15 is 0 Å². The van der Waals surface area contributed by atoms with Crippen molar-refractivity contribution < 1.29 is 14.3 Å². The number of likely N-dealkylation sites (tertiary alicyclic amines) is 1. The van der Waals surface area contributed by atoms with E-state index in [0.29, 0.717) is 19.1 Å². The first-order chi connectivity index (χ1) is 9.67. The molecule has 0 aromatic heterocycles. The monoisotopic (exact) mass is 278 g/mol. The van der Waals surface area contributed by atoms with Crippen molar-refractivity contribution in [2.24, 2.45) is 11.7 Å². The fraction of sp³-hybridized carbons (Fsp3) is 0.533. The quantitative estimate of drug-likeness (QED) is 0.851. The van der Waals surface area contributed by atoms with Crippen LogP contribution in [0.2, 0.25) is 0 Å². The van der Waals surface area contributed by atoms with Crippen LogP contribution in [0.25, 0.3) is 0 Å². The Morgan fingerprint density at radius 3 is 3.00 bits per heavy atom. The van der Waals surface area contributed by atoms with Gasteiger partial charge >= 0.3 is 0 Å². The number of hydrogen-bond acceptors (Lipinski definition) is 4. The maximum Gasteiger partial charge on any atom is 0.231 e. The van der Waals surface area contributed by atoms with Gasteiger partial charge in [0.25, 0.3) is 0 Å². The second-order valence-electron chi connectivity index (χ2n) is 5.20. The van der Waals surface area contributed by atoms with E-state index in [1.807, 2.05) is 24.3 Å². The number of primary amides is 1. The molecule has 0 aliphatic carbocycles. The van der Waals surface area contributed by atoms with Crippen LogP contribution in [0.5, 0.6) is 11.5 Å². The molecule has 5 nitrogen and oxygen atoms in total. The second-order valence-corrected chi connectivity index (χ2v) is 5.20. The Morgan fingerprint density at radius 2 is 2.25 bits per heavy atom. The molecule has 20 heavy (non-hydrogen) atoms. The summed E-state index contributed by atoms with van der Waals surface area (Å²) >= 11 is 0. The van der Waals surface area contributed by atoms with Crippen LogP contribution in [-0.4, -0.2) is 44.2 Å². The van der Waals surface area contributed by atoms with Crippen LogP contribution in [0.3, 0.4) is 0 Å². The van der Waals surface area contributed by atoms with Crippen LogP contribution < -0.4 is 15.2 Å². The molecule has 1 atom stereocenters. The summed E-state index contributed by atoms with van der Waals surface area (Å²) < 4.78 is 11.0. The minimum Gasteiger partial charge on any atom is -0.497 e. The average molecular weight is 278 g/mol. The molecule has 0 bridgehead atoms. The van der Waals surface area contributed by atoms with Gasteiger partial charge in [0.2, 0.25) is 5.91 Å². The van der Waals surface area contributed by atoms with Crippen LogP contribution in [0.4, 0.5) is 0 Å². The number of carbonyl (C=O) groups excluding carboxylic acids is 1. The zero-order valence-corrected chi connectivity index (χ0v) is 11.9. The van der Waals surface area contributed by atoms with Crippen molar-refractivity contribution in [3.05, 3.63) is 24.3 Å². The standard InChI is InChI=1S/C15H22N2O3/c1-19-13-5-2-6-14(8-13)20-11-12-4-3-7-17(9-12)10-15(16)18/h2,5-6,8,12H,3-4,7,9-11H2,1H3,(H2,16,18)/t12-/m1/s1. The van der Waals surface area contributed by atoms with Crippen molar-refractivity contribution in [3.8, 4) is 11.5 Å². The first-order valence-electron chi connectivity index (χ1n) is 6.95. The highest BCUT2D eigenvalue weighted by molar-refractivity contribution is 5.75. The van der Waals surface area contributed by atoms with Gasteiger partial charge in [0.05, 0.1) is 20.3 Å². The van der Waals surface area contributed by atoms with E-state index in [0.717, 1.165) is 37.4 Å². The van der Waals surface area contributed by atoms with Crippen molar-refractivity contribution in [1.29, 1.82) is 0 Å². The van der Waals surface area contributed by atoms with Crippen LogP contribution in [0, 0.1) is 5.92 Å². The molecule has 1 aliphatic rings. The molecule has 1 heterocycles. The maximum absolute atomic E-state index is 11.0. The molecule has 5 heteroatoms. The summed E-state index contributed by atoms with van der Waals surface area (Å²) in [5.74, 6) is 1.78. The molecule has 1 aromatic carbocycles. The summed E-state index contributed by atoms with van der Waals surface area (Å²) in [6.07, 6.45) is 2.21. The van der Waals surface area contributed by atoms with Crippen molar-refractivity contribution >= 4 is 5.91 Å². The lowest BCUT2D eigenvalue weighted by Gasteiger charge is -2.31. The predicted octanol–water partition coefficient (Wildman–Crippen LogP) is 1.27. The zero-order valence-electron chi connectivity index (χ0n) is 11.9. The molecular formula is C15H22N2O3. The van der Waals surface area contributed by atoms with E-state index in [-0.39, 0.29) is 5.91 Å². The number of carbonyl (C=O) groups is 1. The van der Waals surface area contributed by atoms with E-state index < -0.39 is 0 Å². The summed E-state index contributed by atoms with van der Waals surface area (Å²) in [7, 11) is 1.64. The molecule has 1 aliphatic heterocycles. The Labute approximate surface area is 119 Å². The van der Waals surface area contributed by atoms with Gasteiger partial charge in [-0.2, -0.15) is 0 Å². The SMILES string of the molecule is COc1cccc(OC[C@@H]2CCCN(CC(N)=O)C2)c1. The molecule has 1 aromatic rings. The average Bonchev–Trinajstić information content (AvgIpc) is 2.45. The highest BCUT2D eigenvalue weighted by atomic mass is 16.5. The number of rotatable bonds is 6. The fourth-order valence-electron chi connectivity index (χ4n) is 2.56. The van der Waals surface area contributed by atoms with Gasteiger partial charge in [-0.1, -0.05) is 6.07 Å². The van der Waals surface area contributed by atoms with Crippen molar-refractivity contribution in [1.82, 2.24) is 4.90 Å². The normalized spacial score (nSPS) is 19.6. The van der Waals surface area contributed by atoms with Gasteiger partial charge in [0.1, 0.15) is 11.5 Å². The molecular weight excluding hydrogens is 256 g/mol. The molecule has 0 radical (unpaired) electrons. The van der Waals surface area contributed by atoms with E-state index in [2.05, 4.69) is 4.90 Å². The zero-order chi connectivity index (χ0) is 14.4. The number of benzene rings is 1. The van der Waals surface area contributed by atoms with Gasteiger partial charge in [-0.3, -0.25) is 9.69 Å². The molecule has 0 saturated carbocycles. The Hall–Kier alpha value is -1.75. The van der Waals surface area contributed by atoms with Gasteiger partial charge in [-0.05, 0) is 31.5 Å². The lowest BCUT2D eigenvalue weighted by Crippen LogP contribution is -2.42. The molecule has 110 valence electrons. The van der Waals surface area contributed by atoms with E-state index in [9.17, 15) is 4.79 Å². The molecule has 2 rings (SSSR count). The molecule has 0 unspecified atom stereocenters. The van der Waals surface area contributed by atoms with Gasteiger partial charge in [0, 0.05) is 18.5 Å². The Kier molecular flexibility index (Phi) is 5.24. The van der Waals surface area contributed by atoms with Crippen LogP contribution in [0.15, 0.2) is 24.3 Å². The van der Waals surface area contributed by atoms with E-state index in [4.69, 9.17) is 15.2 Å². The Bertz CT molecular complexity index is 450. The highest BCUT2D eigenvalue weighted by Crippen LogP contribution is 2.21. The Morgan fingerprint density at radius 1 is 1.45 bits per heavy atom. The number of methoxy groups -OCH3 is 1. The van der Waals surface area contributed by atoms with Gasteiger partial charge in [0.15, 0.2) is 0 Å². The lowest BCUT2D eigenvalue weighted by molar-refractivity contribution is -0.119. The summed E-state index contributed by atoms with van der Waals surface area (Å²) in [4.78, 5) is 13.1. The summed E-state index contributed by atoms with van der Waals surface area (Å²) in [6.45, 7) is 2.81. The van der Waals surface area contributed by atoms with Crippen LogP contribution in [-0.2, 0) is 4.79 Å². The molecule has 1 fully saturated rings. The second kappa shape index (κ2) is 7.14. The molecule has 0 spiro atoms. The number of amides is 1. The summed E-state index contributed by atoms with van der Waals surface area (Å²) in [5, 5.41) is 0. The molecule has 2 N–H and O–H groups in total. The van der Waals surface area contributed by atoms with Crippen molar-refractivity contribution in [2.45, 2.75) is 12.8 Å². The first-order valence-corrected chi connectivity index (χ1v) is 6.95. The van der Waals surface area contributed by atoms with E-state index in [1.54, 1.807) is 7.11 Å². The third kappa shape index (κ3) is 4.42. The number of ether oxygens (including phenoxy) is 2. The highest BCUT2D eigenvalue weighted by Gasteiger charge is 2.21. The maximum atomic E-state index is 11.0. The van der Waals surface area contributed by atoms with Gasteiger partial charge < -0.3 is 15.2 Å². The minimum absolute atomic E-state index is 0.264. The fourth-order valence-corrected chi connectivity index (χ4v) is 2.56. The number of hydrogen-bond donors (Lipinski definition) is 1. The largest absolute Gasteiger partial charge is 0.497 e. The van der Waals surface area contributed by atoms with Crippen LogP contribution in [0.1, 0.15) is 12.8 Å². The van der Waals surface area contributed by atoms with Crippen molar-refractivity contribution in [3.63, 3.8) is 0 Å². The van der Waals surface area contributed by atoms with Crippen molar-refractivity contribution in [2.75, 3.05) is 33.4 Å².